The number of nitrogens with one attached hydrogen (secondary N) is 2. The number of imide groups is 1. The van der Waals surface area contributed by atoms with Gasteiger partial charge in [-0.25, -0.2) is 19.2 Å². The molecule has 0 spiro atoms. The first-order valence-electron chi connectivity index (χ1n) is 22.1. The lowest BCUT2D eigenvalue weighted by molar-refractivity contribution is -0.137. The lowest BCUT2D eigenvalue weighted by Crippen LogP contribution is -2.52. The molecule has 65 heavy (non-hydrogen) atoms. The van der Waals surface area contributed by atoms with Crippen LogP contribution >= 0.6 is 11.3 Å². The van der Waals surface area contributed by atoms with Crippen LogP contribution in [-0.4, -0.2) is 105 Å². The van der Waals surface area contributed by atoms with Crippen LogP contribution in [0.15, 0.2) is 72.5 Å². The van der Waals surface area contributed by atoms with E-state index in [9.17, 15) is 29.5 Å². The Labute approximate surface area is 378 Å². The minimum absolute atomic E-state index is 0.0173. The minimum atomic E-state index is -1.17. The zero-order valence-corrected chi connectivity index (χ0v) is 36.5. The number of anilines is 4. The summed E-state index contributed by atoms with van der Waals surface area (Å²) in [5.41, 5.74) is 6.26. The lowest BCUT2D eigenvalue weighted by atomic mass is 9.87. The van der Waals surface area contributed by atoms with E-state index >= 15 is 4.39 Å². The molecule has 10 rings (SSSR count). The Morgan fingerprint density at radius 2 is 1.69 bits per heavy atom. The Morgan fingerprint density at radius 3 is 2.43 bits per heavy atom. The maximum atomic E-state index is 15.9. The van der Waals surface area contributed by atoms with E-state index in [0.29, 0.717) is 92.0 Å². The lowest BCUT2D eigenvalue weighted by Gasteiger charge is -2.41. The molecule has 7 heterocycles. The van der Waals surface area contributed by atoms with Crippen molar-refractivity contribution in [3.05, 3.63) is 106 Å². The van der Waals surface area contributed by atoms with Gasteiger partial charge in [0.25, 0.3) is 0 Å². The molecule has 0 saturated carbocycles. The highest BCUT2D eigenvalue weighted by atomic mass is 32.1. The second-order valence-electron chi connectivity index (χ2n) is 17.5. The van der Waals surface area contributed by atoms with Crippen molar-refractivity contribution in [2.45, 2.75) is 69.8 Å². The van der Waals surface area contributed by atoms with Crippen molar-refractivity contribution in [2.24, 2.45) is 0 Å². The van der Waals surface area contributed by atoms with Crippen molar-refractivity contribution in [3.63, 3.8) is 0 Å². The number of nitrogens with zero attached hydrogens (tertiary/aromatic N) is 9. The number of benzene rings is 3. The molecule has 1 atom stereocenters. The number of imidazole rings is 1. The number of fused-ring (bicyclic) bond motifs is 2. The number of hydrogen-bond acceptors (Lipinski definition) is 12. The van der Waals surface area contributed by atoms with Gasteiger partial charge in [0, 0.05) is 106 Å². The normalized spacial score (nSPS) is 18.8. The SMILES string of the molecule is N#Cc1cc(N2CCC(=O)NC2=O)ccc1N1CCC(O)(CC(=O)N2CCN(c3ccc(-c4cc(F)c5c(c4)CN(C(C(=O)Nc4nccs4)c4ncn6c4CCC6)C5)cc3)CC2)CC1. The van der Waals surface area contributed by atoms with Crippen LogP contribution in [0.1, 0.15) is 66.2 Å². The summed E-state index contributed by atoms with van der Waals surface area (Å²) < 4.78 is 18.0. The molecule has 5 aromatic rings. The number of nitriles is 1. The number of piperazine rings is 1. The van der Waals surface area contributed by atoms with Gasteiger partial charge < -0.3 is 29.7 Å². The standard InChI is InChI=1S/C47H48FN11O5S/c48-37-24-31(22-33-27-58(28-36(33)37)43(44(62)53-45-50-12-21-65-45)42-39-2-1-13-57(39)29-51-42)30-3-5-34(6-4-30)54-17-19-56(20-18-54)41(61)25-47(64)10-15-55(16-11-47)38-8-7-35(23-32(38)26-49)59-14-9-40(60)52-46(59)63/h3-8,12,21-24,29,43,64H,1-2,9-11,13-20,25,27-28H2,(H,50,53,62)(H,52,60,63). The Hall–Kier alpha value is -6.68. The molecular formula is C47H48FN11O5S. The van der Waals surface area contributed by atoms with Crippen LogP contribution in [0.25, 0.3) is 11.1 Å². The minimum Gasteiger partial charge on any atom is -0.389 e. The van der Waals surface area contributed by atoms with Crippen molar-refractivity contribution < 1.29 is 28.7 Å². The molecular weight excluding hydrogens is 850 g/mol. The Balaban J connectivity index is 0.736. The van der Waals surface area contributed by atoms with Gasteiger partial charge in [-0.2, -0.15) is 5.26 Å². The first-order chi connectivity index (χ1) is 31.5. The molecule has 5 aliphatic rings. The fraction of sp³-hybridized carbons (Fsp3) is 0.383. The summed E-state index contributed by atoms with van der Waals surface area (Å²) in [5, 5.41) is 29.1. The quantitative estimate of drug-likeness (QED) is 0.168. The Morgan fingerprint density at radius 1 is 0.908 bits per heavy atom. The highest BCUT2D eigenvalue weighted by molar-refractivity contribution is 7.13. The average Bonchev–Trinajstić information content (AvgIpc) is 4.15. The summed E-state index contributed by atoms with van der Waals surface area (Å²) in [5.74, 6) is -0.958. The molecule has 0 radical (unpaired) electrons. The number of piperidine rings is 1. The third kappa shape index (κ3) is 8.42. The molecule has 5 amide bonds. The topological polar surface area (TPSA) is 183 Å². The molecule has 0 bridgehead atoms. The maximum Gasteiger partial charge on any atom is 0.328 e. The predicted molar refractivity (Wildman–Crippen MR) is 242 cm³/mol. The number of amides is 5. The van der Waals surface area contributed by atoms with Gasteiger partial charge in [0.2, 0.25) is 17.7 Å². The number of urea groups is 1. The van der Waals surface area contributed by atoms with Crippen molar-refractivity contribution in [3.8, 4) is 17.2 Å². The van der Waals surface area contributed by atoms with Crippen molar-refractivity contribution in [1.82, 2.24) is 29.7 Å². The van der Waals surface area contributed by atoms with E-state index in [0.717, 1.165) is 47.5 Å². The number of hydrogen-bond donors (Lipinski definition) is 3. The molecule has 5 aliphatic heterocycles. The smallest absolute Gasteiger partial charge is 0.328 e. The zero-order chi connectivity index (χ0) is 44.8. The van der Waals surface area contributed by atoms with Crippen molar-refractivity contribution >= 4 is 57.3 Å². The Kier molecular flexibility index (Phi) is 11.3. The van der Waals surface area contributed by atoms with Crippen LogP contribution in [0.3, 0.4) is 0 Å². The van der Waals surface area contributed by atoms with E-state index in [-0.39, 0.29) is 49.5 Å². The van der Waals surface area contributed by atoms with Crippen LogP contribution in [-0.2, 0) is 40.4 Å². The molecule has 2 aromatic heterocycles. The van der Waals surface area contributed by atoms with Gasteiger partial charge in [-0.05, 0) is 84.8 Å². The highest BCUT2D eigenvalue weighted by Gasteiger charge is 2.39. The van der Waals surface area contributed by atoms with E-state index in [1.165, 1.54) is 16.2 Å². The van der Waals surface area contributed by atoms with Gasteiger partial charge in [0.15, 0.2) is 5.13 Å². The second kappa shape index (κ2) is 17.4. The number of rotatable bonds is 10. The second-order valence-corrected chi connectivity index (χ2v) is 18.4. The molecule has 3 fully saturated rings. The summed E-state index contributed by atoms with van der Waals surface area (Å²) in [7, 11) is 0. The summed E-state index contributed by atoms with van der Waals surface area (Å²) in [6.07, 6.45) is 6.20. The molecule has 16 nitrogen and oxygen atoms in total. The number of aliphatic hydroxyl groups is 1. The first-order valence-corrected chi connectivity index (χ1v) is 23.0. The van der Waals surface area contributed by atoms with Crippen LogP contribution in [0.4, 0.5) is 31.4 Å². The molecule has 3 saturated heterocycles. The number of carbonyl (C=O) groups excluding carboxylic acids is 4. The average molecular weight is 898 g/mol. The molecule has 0 aliphatic carbocycles. The van der Waals surface area contributed by atoms with Crippen LogP contribution in [0.2, 0.25) is 0 Å². The van der Waals surface area contributed by atoms with E-state index < -0.39 is 17.7 Å². The van der Waals surface area contributed by atoms with Gasteiger partial charge >= 0.3 is 6.03 Å². The van der Waals surface area contributed by atoms with E-state index in [1.807, 2.05) is 50.4 Å². The highest BCUT2D eigenvalue weighted by Crippen LogP contribution is 2.39. The van der Waals surface area contributed by atoms with Crippen LogP contribution in [0.5, 0.6) is 0 Å². The summed E-state index contributed by atoms with van der Waals surface area (Å²) in [6, 6.07) is 17.8. The van der Waals surface area contributed by atoms with Crippen LogP contribution in [0, 0.1) is 17.1 Å². The number of aromatic nitrogens is 3. The molecule has 18 heteroatoms. The number of carbonyl (C=O) groups is 4. The molecule has 334 valence electrons. The van der Waals surface area contributed by atoms with E-state index in [4.69, 9.17) is 4.98 Å². The van der Waals surface area contributed by atoms with Gasteiger partial charge in [0.1, 0.15) is 17.9 Å². The number of thiazole rings is 1. The monoisotopic (exact) mass is 897 g/mol. The third-order valence-corrected chi connectivity index (χ3v) is 14.2. The molecule has 1 unspecified atom stereocenters. The van der Waals surface area contributed by atoms with Crippen molar-refractivity contribution in [1.29, 1.82) is 5.26 Å². The van der Waals surface area contributed by atoms with E-state index in [2.05, 4.69) is 31.2 Å². The fourth-order valence-electron chi connectivity index (χ4n) is 9.97. The number of aryl methyl sites for hydroxylation is 1. The number of halogens is 1. The zero-order valence-electron chi connectivity index (χ0n) is 35.7. The first kappa shape index (κ1) is 42.3. The predicted octanol–water partition coefficient (Wildman–Crippen LogP) is 5.18. The molecule has 3 N–H and O–H groups in total. The van der Waals surface area contributed by atoms with Gasteiger partial charge in [-0.3, -0.25) is 29.5 Å². The Bertz CT molecular complexity index is 2700. The van der Waals surface area contributed by atoms with Crippen LogP contribution < -0.4 is 25.3 Å². The van der Waals surface area contributed by atoms with Gasteiger partial charge in [0.05, 0.1) is 35.3 Å². The van der Waals surface area contributed by atoms with E-state index in [1.54, 1.807) is 36.8 Å². The largest absolute Gasteiger partial charge is 0.389 e. The fourth-order valence-corrected chi connectivity index (χ4v) is 10.5. The summed E-state index contributed by atoms with van der Waals surface area (Å²) in [6.45, 7) is 4.97. The van der Waals surface area contributed by atoms with Gasteiger partial charge in [-0.1, -0.05) is 12.1 Å². The molecule has 3 aromatic carbocycles. The van der Waals surface area contributed by atoms with Crippen molar-refractivity contribution in [2.75, 3.05) is 65.8 Å². The summed E-state index contributed by atoms with van der Waals surface area (Å²) >= 11 is 1.35. The summed E-state index contributed by atoms with van der Waals surface area (Å²) in [4.78, 5) is 69.8. The van der Waals surface area contributed by atoms with Gasteiger partial charge in [-0.15, -0.1) is 11.3 Å². The maximum absolute atomic E-state index is 15.9. The third-order valence-electron chi connectivity index (χ3n) is 13.5.